The van der Waals surface area contributed by atoms with Crippen LogP contribution >= 0.6 is 12.2 Å². The molecular weight excluding hydrogens is 334 g/mol. The molecule has 0 radical (unpaired) electrons. The minimum absolute atomic E-state index is 0.206. The van der Waals surface area contributed by atoms with Crippen LogP contribution in [0.15, 0.2) is 47.1 Å². The van der Waals surface area contributed by atoms with Crippen LogP contribution in [0.3, 0.4) is 0 Å². The Morgan fingerprint density at radius 2 is 2.00 bits per heavy atom. The number of ether oxygens (including phenoxy) is 1. The lowest BCUT2D eigenvalue weighted by Crippen LogP contribution is -2.38. The molecule has 5 nitrogen and oxygen atoms in total. The molecule has 1 aromatic carbocycles. The molecule has 3 rings (SSSR count). The average Bonchev–Trinajstić information content (AvgIpc) is 3.31. The third-order valence-corrected chi connectivity index (χ3v) is 4.58. The van der Waals surface area contributed by atoms with Crippen LogP contribution in [0.1, 0.15) is 31.6 Å². The van der Waals surface area contributed by atoms with E-state index in [0.29, 0.717) is 11.7 Å². The van der Waals surface area contributed by atoms with Crippen molar-refractivity contribution in [2.45, 2.75) is 25.8 Å². The smallest absolute Gasteiger partial charge is 0.170 e. The molecule has 2 N–H and O–H groups in total. The lowest BCUT2D eigenvalue weighted by Gasteiger charge is -2.26. The Balaban J connectivity index is 1.54. The molecule has 1 fully saturated rings. The lowest BCUT2D eigenvalue weighted by molar-refractivity contribution is 0.216. The van der Waals surface area contributed by atoms with E-state index in [1.54, 1.807) is 6.26 Å². The number of hydrogen-bond donors (Lipinski definition) is 2. The molecule has 134 valence electrons. The number of anilines is 1. The number of furan rings is 1. The van der Waals surface area contributed by atoms with Crippen molar-refractivity contribution >= 4 is 23.0 Å². The summed E-state index contributed by atoms with van der Waals surface area (Å²) in [6.07, 6.45) is 4.22. The zero-order valence-corrected chi connectivity index (χ0v) is 15.3. The first-order valence-corrected chi connectivity index (χ1v) is 9.22. The third kappa shape index (κ3) is 4.96. The molecule has 1 aliphatic heterocycles. The summed E-state index contributed by atoms with van der Waals surface area (Å²) in [7, 11) is 0. The molecule has 0 amide bonds. The molecule has 0 aliphatic carbocycles. The summed E-state index contributed by atoms with van der Waals surface area (Å²) in [6.45, 7) is 5.56. The second kappa shape index (κ2) is 8.87. The molecule has 1 atom stereocenters. The SMILES string of the molecule is CCOc1ccc(NC(=S)NCC(c2ccco2)N2CCCC2)cc1. The van der Waals surface area contributed by atoms with E-state index >= 15 is 0 Å². The first kappa shape index (κ1) is 17.8. The van der Waals surface area contributed by atoms with Crippen LogP contribution < -0.4 is 15.4 Å². The Kier molecular flexibility index (Phi) is 6.30. The van der Waals surface area contributed by atoms with Gasteiger partial charge in [-0.05, 0) is 81.5 Å². The molecule has 1 saturated heterocycles. The molecule has 2 aromatic rings. The zero-order chi connectivity index (χ0) is 17.5. The minimum Gasteiger partial charge on any atom is -0.494 e. The summed E-state index contributed by atoms with van der Waals surface area (Å²) in [5.74, 6) is 1.84. The molecule has 1 aliphatic rings. The molecule has 2 heterocycles. The average molecular weight is 359 g/mol. The Morgan fingerprint density at radius 1 is 1.24 bits per heavy atom. The Hall–Kier alpha value is -2.05. The number of nitrogens with zero attached hydrogens (tertiary/aromatic N) is 1. The van der Waals surface area contributed by atoms with Gasteiger partial charge in [-0.1, -0.05) is 0 Å². The van der Waals surface area contributed by atoms with Crippen LogP contribution in [0.25, 0.3) is 0 Å². The van der Waals surface area contributed by atoms with Crippen LogP contribution in [-0.4, -0.2) is 36.3 Å². The standard InChI is InChI=1S/C19H25N3O2S/c1-2-23-16-9-7-15(8-10-16)21-19(25)20-14-17(18-6-5-13-24-18)22-11-3-4-12-22/h5-10,13,17H,2-4,11-12,14H2,1H3,(H2,20,21,25). The molecule has 1 aromatic heterocycles. The summed E-state index contributed by atoms with van der Waals surface area (Å²) in [5.41, 5.74) is 0.941. The monoisotopic (exact) mass is 359 g/mol. The largest absolute Gasteiger partial charge is 0.494 e. The predicted octanol–water partition coefficient (Wildman–Crippen LogP) is 3.80. The van der Waals surface area contributed by atoms with E-state index in [9.17, 15) is 0 Å². The fourth-order valence-electron chi connectivity index (χ4n) is 3.11. The summed E-state index contributed by atoms with van der Waals surface area (Å²) in [4.78, 5) is 2.45. The van der Waals surface area contributed by atoms with Crippen molar-refractivity contribution < 1.29 is 9.15 Å². The van der Waals surface area contributed by atoms with Gasteiger partial charge in [0, 0.05) is 12.2 Å². The molecule has 1 unspecified atom stereocenters. The van der Waals surface area contributed by atoms with Gasteiger partial charge < -0.3 is 19.8 Å². The van der Waals surface area contributed by atoms with Crippen molar-refractivity contribution in [2.24, 2.45) is 0 Å². The number of likely N-dealkylation sites (tertiary alicyclic amines) is 1. The Labute approximate surface area is 154 Å². The van der Waals surface area contributed by atoms with Crippen molar-refractivity contribution in [1.82, 2.24) is 10.2 Å². The second-order valence-electron chi connectivity index (χ2n) is 6.07. The summed E-state index contributed by atoms with van der Waals surface area (Å²) >= 11 is 5.44. The van der Waals surface area contributed by atoms with Crippen LogP contribution in [-0.2, 0) is 0 Å². The number of benzene rings is 1. The summed E-state index contributed by atoms with van der Waals surface area (Å²) in [6, 6.07) is 12.0. The van der Waals surface area contributed by atoms with Gasteiger partial charge in [0.25, 0.3) is 0 Å². The first-order valence-electron chi connectivity index (χ1n) is 8.81. The molecule has 6 heteroatoms. The van der Waals surface area contributed by atoms with Crippen molar-refractivity contribution in [2.75, 3.05) is 31.6 Å². The van der Waals surface area contributed by atoms with Gasteiger partial charge in [0.1, 0.15) is 11.5 Å². The topological polar surface area (TPSA) is 49.7 Å². The zero-order valence-electron chi connectivity index (χ0n) is 14.5. The third-order valence-electron chi connectivity index (χ3n) is 4.33. The maximum Gasteiger partial charge on any atom is 0.170 e. The highest BCUT2D eigenvalue weighted by molar-refractivity contribution is 7.80. The highest BCUT2D eigenvalue weighted by atomic mass is 32.1. The van der Waals surface area contributed by atoms with Gasteiger partial charge >= 0.3 is 0 Å². The Bertz CT molecular complexity index is 652. The molecule has 25 heavy (non-hydrogen) atoms. The number of nitrogens with one attached hydrogen (secondary N) is 2. The van der Waals surface area contributed by atoms with Crippen LogP contribution in [0.5, 0.6) is 5.75 Å². The van der Waals surface area contributed by atoms with Gasteiger partial charge in [-0.2, -0.15) is 0 Å². The maximum atomic E-state index is 5.64. The van der Waals surface area contributed by atoms with Crippen LogP contribution in [0.4, 0.5) is 5.69 Å². The molecule has 0 spiro atoms. The van der Waals surface area contributed by atoms with Crippen molar-refractivity contribution in [3.8, 4) is 5.75 Å². The molecule has 0 saturated carbocycles. The minimum atomic E-state index is 0.206. The van der Waals surface area contributed by atoms with Gasteiger partial charge in [0.05, 0.1) is 18.9 Å². The molecule has 0 bridgehead atoms. The van der Waals surface area contributed by atoms with E-state index in [0.717, 1.165) is 36.8 Å². The van der Waals surface area contributed by atoms with Gasteiger partial charge in [-0.3, -0.25) is 4.90 Å². The lowest BCUT2D eigenvalue weighted by atomic mass is 10.2. The Morgan fingerprint density at radius 3 is 2.64 bits per heavy atom. The number of thiocarbonyl (C=S) groups is 1. The van der Waals surface area contributed by atoms with E-state index in [1.807, 2.05) is 43.3 Å². The predicted molar refractivity (Wildman–Crippen MR) is 104 cm³/mol. The van der Waals surface area contributed by atoms with Gasteiger partial charge in [0.15, 0.2) is 5.11 Å². The van der Waals surface area contributed by atoms with Crippen molar-refractivity contribution in [3.05, 3.63) is 48.4 Å². The quantitative estimate of drug-likeness (QED) is 0.734. The van der Waals surface area contributed by atoms with E-state index in [2.05, 4.69) is 15.5 Å². The van der Waals surface area contributed by atoms with Gasteiger partial charge in [-0.25, -0.2) is 0 Å². The van der Waals surface area contributed by atoms with Gasteiger partial charge in [0.2, 0.25) is 0 Å². The highest BCUT2D eigenvalue weighted by Gasteiger charge is 2.25. The summed E-state index contributed by atoms with van der Waals surface area (Å²) in [5, 5.41) is 7.15. The highest BCUT2D eigenvalue weighted by Crippen LogP contribution is 2.25. The number of rotatable bonds is 7. The summed E-state index contributed by atoms with van der Waals surface area (Å²) < 4.78 is 11.1. The van der Waals surface area contributed by atoms with Crippen LogP contribution in [0, 0.1) is 0 Å². The molecular formula is C19H25N3O2S. The normalized spacial score (nSPS) is 15.7. The van der Waals surface area contributed by atoms with E-state index < -0.39 is 0 Å². The van der Waals surface area contributed by atoms with E-state index in [1.165, 1.54) is 12.8 Å². The van der Waals surface area contributed by atoms with E-state index in [4.69, 9.17) is 21.4 Å². The van der Waals surface area contributed by atoms with Crippen molar-refractivity contribution in [3.63, 3.8) is 0 Å². The first-order chi connectivity index (χ1) is 12.3. The fraction of sp³-hybridized carbons (Fsp3) is 0.421. The van der Waals surface area contributed by atoms with Crippen LogP contribution in [0.2, 0.25) is 0 Å². The number of hydrogen-bond acceptors (Lipinski definition) is 4. The second-order valence-corrected chi connectivity index (χ2v) is 6.47. The fourth-order valence-corrected chi connectivity index (χ4v) is 3.31. The van der Waals surface area contributed by atoms with Crippen molar-refractivity contribution in [1.29, 1.82) is 0 Å². The maximum absolute atomic E-state index is 5.64. The van der Waals surface area contributed by atoms with E-state index in [-0.39, 0.29) is 6.04 Å². The van der Waals surface area contributed by atoms with Gasteiger partial charge in [-0.15, -0.1) is 0 Å².